The standard InChI is InChI=1S/C26H32BrF3N4O3.C2H6/c1-16-17(4-3-5-21(16)26(28,29)30)14-31-24(35)20-15-34(19-8-12-37-13-9-19)25(36)22(27)23(20)32-18-6-10-33(2)11-7-18;1-2/h3-5,15,18-19,32H,6-14H2,1-2H3,(H,31,35);1-2H3. The number of amides is 1. The van der Waals surface area contributed by atoms with Crippen LogP contribution in [0, 0.1) is 6.92 Å². The zero-order chi connectivity index (χ0) is 28.7. The quantitative estimate of drug-likeness (QED) is 0.433. The molecule has 7 nitrogen and oxygen atoms in total. The highest BCUT2D eigenvalue weighted by atomic mass is 79.9. The second-order valence-electron chi connectivity index (χ2n) is 9.78. The summed E-state index contributed by atoms with van der Waals surface area (Å²) >= 11 is 3.45. The Balaban J connectivity index is 0.00000205. The molecule has 0 spiro atoms. The van der Waals surface area contributed by atoms with Crippen molar-refractivity contribution in [1.29, 1.82) is 0 Å². The Labute approximate surface area is 236 Å². The summed E-state index contributed by atoms with van der Waals surface area (Å²) in [5, 5.41) is 6.19. The number of pyridine rings is 1. The summed E-state index contributed by atoms with van der Waals surface area (Å²) in [4.78, 5) is 29.0. The van der Waals surface area contributed by atoms with Gasteiger partial charge in [0.15, 0.2) is 0 Å². The molecule has 3 heterocycles. The van der Waals surface area contributed by atoms with Gasteiger partial charge >= 0.3 is 6.18 Å². The van der Waals surface area contributed by atoms with Crippen LogP contribution >= 0.6 is 15.9 Å². The first-order valence-electron chi connectivity index (χ1n) is 13.5. The summed E-state index contributed by atoms with van der Waals surface area (Å²) in [6.07, 6.45) is 0.123. The van der Waals surface area contributed by atoms with Gasteiger partial charge in [-0.25, -0.2) is 0 Å². The highest BCUT2D eigenvalue weighted by Crippen LogP contribution is 2.33. The SMILES string of the molecule is CC.Cc1c(CNC(=O)c2cn(C3CCOCC3)c(=O)c(Br)c2NC2CCN(C)CC2)cccc1C(F)(F)F. The van der Waals surface area contributed by atoms with Crippen LogP contribution < -0.4 is 16.2 Å². The molecule has 1 aromatic carbocycles. The van der Waals surface area contributed by atoms with E-state index in [0.29, 0.717) is 37.3 Å². The molecule has 1 aromatic heterocycles. The number of benzene rings is 1. The van der Waals surface area contributed by atoms with Crippen molar-refractivity contribution in [1.82, 2.24) is 14.8 Å². The van der Waals surface area contributed by atoms with Gasteiger partial charge in [-0.2, -0.15) is 13.2 Å². The summed E-state index contributed by atoms with van der Waals surface area (Å²) < 4.78 is 47.3. The van der Waals surface area contributed by atoms with Crippen LogP contribution in [0.2, 0.25) is 0 Å². The maximum atomic E-state index is 13.5. The van der Waals surface area contributed by atoms with Crippen LogP contribution in [-0.4, -0.2) is 54.8 Å². The lowest BCUT2D eigenvalue weighted by molar-refractivity contribution is -0.138. The van der Waals surface area contributed by atoms with E-state index in [1.165, 1.54) is 13.0 Å². The van der Waals surface area contributed by atoms with Crippen molar-refractivity contribution < 1.29 is 22.7 Å². The van der Waals surface area contributed by atoms with E-state index in [0.717, 1.165) is 32.0 Å². The van der Waals surface area contributed by atoms with Gasteiger partial charge in [-0.3, -0.25) is 9.59 Å². The van der Waals surface area contributed by atoms with Crippen molar-refractivity contribution in [3.8, 4) is 0 Å². The molecule has 0 bridgehead atoms. The van der Waals surface area contributed by atoms with Crippen LogP contribution in [0.5, 0.6) is 0 Å². The van der Waals surface area contributed by atoms with Gasteiger partial charge in [-0.1, -0.05) is 26.0 Å². The fraction of sp³-hybridized carbons (Fsp3) is 0.571. The van der Waals surface area contributed by atoms with Gasteiger partial charge in [0.2, 0.25) is 0 Å². The number of piperidine rings is 1. The number of halogens is 4. The summed E-state index contributed by atoms with van der Waals surface area (Å²) in [6.45, 7) is 8.17. The number of nitrogens with one attached hydrogen (secondary N) is 2. The molecule has 11 heteroatoms. The van der Waals surface area contributed by atoms with Gasteiger partial charge in [-0.15, -0.1) is 0 Å². The molecular weight excluding hydrogens is 577 g/mol. The van der Waals surface area contributed by atoms with Crippen molar-refractivity contribution in [2.24, 2.45) is 0 Å². The van der Waals surface area contributed by atoms with E-state index in [1.807, 2.05) is 13.8 Å². The lowest BCUT2D eigenvalue weighted by Gasteiger charge is -2.31. The van der Waals surface area contributed by atoms with Gasteiger partial charge in [-0.05, 0) is 85.9 Å². The van der Waals surface area contributed by atoms with Crippen LogP contribution in [0.25, 0.3) is 0 Å². The van der Waals surface area contributed by atoms with E-state index in [1.54, 1.807) is 16.8 Å². The Kier molecular flexibility index (Phi) is 11.0. The average Bonchev–Trinajstić information content (AvgIpc) is 2.93. The first-order chi connectivity index (χ1) is 18.6. The van der Waals surface area contributed by atoms with Crippen molar-refractivity contribution in [2.45, 2.75) is 71.3 Å². The topological polar surface area (TPSA) is 75.6 Å². The number of carbonyl (C=O) groups is 1. The highest BCUT2D eigenvalue weighted by molar-refractivity contribution is 9.10. The molecule has 0 radical (unpaired) electrons. The van der Waals surface area contributed by atoms with Crippen LogP contribution in [0.3, 0.4) is 0 Å². The summed E-state index contributed by atoms with van der Waals surface area (Å²) in [7, 11) is 2.05. The van der Waals surface area contributed by atoms with E-state index in [4.69, 9.17) is 4.74 Å². The molecule has 1 amide bonds. The Morgan fingerprint density at radius 3 is 2.38 bits per heavy atom. The molecule has 39 heavy (non-hydrogen) atoms. The number of likely N-dealkylation sites (tertiary alicyclic amines) is 1. The molecule has 2 saturated heterocycles. The normalized spacial score (nSPS) is 17.3. The fourth-order valence-corrected chi connectivity index (χ4v) is 5.49. The first kappa shape index (κ1) is 31.2. The maximum absolute atomic E-state index is 13.5. The molecule has 2 fully saturated rings. The van der Waals surface area contributed by atoms with E-state index in [2.05, 4.69) is 38.5 Å². The number of nitrogens with zero attached hydrogens (tertiary/aromatic N) is 2. The van der Waals surface area contributed by atoms with Gasteiger partial charge < -0.3 is 24.8 Å². The molecule has 2 aliphatic rings. The van der Waals surface area contributed by atoms with Crippen LogP contribution in [-0.2, 0) is 17.5 Å². The smallest absolute Gasteiger partial charge is 0.381 e. The minimum absolute atomic E-state index is 0.0732. The van der Waals surface area contributed by atoms with Crippen LogP contribution in [0.1, 0.15) is 72.6 Å². The van der Waals surface area contributed by atoms with Crippen molar-refractivity contribution in [3.63, 3.8) is 0 Å². The van der Waals surface area contributed by atoms with Gasteiger partial charge in [0.25, 0.3) is 11.5 Å². The number of hydrogen-bond donors (Lipinski definition) is 2. The lowest BCUT2D eigenvalue weighted by Crippen LogP contribution is -2.38. The van der Waals surface area contributed by atoms with Gasteiger partial charge in [0, 0.05) is 38.0 Å². The van der Waals surface area contributed by atoms with Crippen LogP contribution in [0.15, 0.2) is 33.7 Å². The predicted molar refractivity (Wildman–Crippen MR) is 150 cm³/mol. The molecule has 216 valence electrons. The Morgan fingerprint density at radius 2 is 1.77 bits per heavy atom. The average molecular weight is 616 g/mol. The summed E-state index contributed by atoms with van der Waals surface area (Å²) in [6, 6.07) is 3.93. The molecule has 2 aliphatic heterocycles. The number of anilines is 1. The minimum atomic E-state index is -4.47. The molecule has 0 atom stereocenters. The van der Waals surface area contributed by atoms with E-state index in [-0.39, 0.29) is 39.8 Å². The number of aromatic nitrogens is 1. The highest BCUT2D eigenvalue weighted by Gasteiger charge is 2.33. The number of carbonyl (C=O) groups excluding carboxylic acids is 1. The molecule has 0 saturated carbocycles. The number of ether oxygens (including phenoxy) is 1. The molecule has 0 unspecified atom stereocenters. The Morgan fingerprint density at radius 1 is 1.13 bits per heavy atom. The van der Waals surface area contributed by atoms with E-state index < -0.39 is 17.6 Å². The van der Waals surface area contributed by atoms with Gasteiger partial charge in [0.1, 0.15) is 4.47 Å². The first-order valence-corrected chi connectivity index (χ1v) is 14.3. The monoisotopic (exact) mass is 614 g/mol. The lowest BCUT2D eigenvalue weighted by atomic mass is 10.0. The van der Waals surface area contributed by atoms with Crippen LogP contribution in [0.4, 0.5) is 18.9 Å². The molecule has 4 rings (SSSR count). The zero-order valence-corrected chi connectivity index (χ0v) is 24.5. The molecular formula is C28H38BrF3N4O3. The molecule has 0 aliphatic carbocycles. The Bertz CT molecular complexity index is 1190. The number of rotatable bonds is 6. The largest absolute Gasteiger partial charge is 0.416 e. The van der Waals surface area contributed by atoms with Crippen molar-refractivity contribution in [2.75, 3.05) is 38.7 Å². The summed E-state index contributed by atoms with van der Waals surface area (Å²) in [5.41, 5.74) is 0.202. The second-order valence-corrected chi connectivity index (χ2v) is 10.6. The third kappa shape index (κ3) is 7.64. The Hall–Kier alpha value is -2.37. The van der Waals surface area contributed by atoms with Gasteiger partial charge in [0.05, 0.1) is 16.8 Å². The number of hydrogen-bond acceptors (Lipinski definition) is 5. The zero-order valence-electron chi connectivity index (χ0n) is 23.0. The van der Waals surface area contributed by atoms with E-state index >= 15 is 0 Å². The van der Waals surface area contributed by atoms with Crippen molar-refractivity contribution in [3.05, 3.63) is 61.5 Å². The summed E-state index contributed by atoms with van der Waals surface area (Å²) in [5.74, 6) is -0.464. The van der Waals surface area contributed by atoms with Crippen molar-refractivity contribution >= 4 is 27.5 Å². The fourth-order valence-electron chi connectivity index (χ4n) is 4.96. The second kappa shape index (κ2) is 13.8. The number of alkyl halides is 3. The third-order valence-electron chi connectivity index (χ3n) is 7.27. The minimum Gasteiger partial charge on any atom is -0.381 e. The third-order valence-corrected chi connectivity index (χ3v) is 8.00. The van der Waals surface area contributed by atoms with E-state index in [9.17, 15) is 22.8 Å². The maximum Gasteiger partial charge on any atom is 0.416 e. The molecule has 2 aromatic rings. The molecule has 2 N–H and O–H groups in total. The predicted octanol–water partition coefficient (Wildman–Crippen LogP) is 5.75.